The van der Waals surface area contributed by atoms with Crippen molar-refractivity contribution in [1.29, 1.82) is 5.26 Å². The van der Waals surface area contributed by atoms with Crippen molar-refractivity contribution in [2.75, 3.05) is 18.5 Å². The molecule has 0 radical (unpaired) electrons. The lowest BCUT2D eigenvalue weighted by Gasteiger charge is -2.17. The third-order valence-electron chi connectivity index (χ3n) is 4.92. The summed E-state index contributed by atoms with van der Waals surface area (Å²) >= 11 is 13.3. The number of nitriles is 1. The molecule has 0 saturated heterocycles. The highest BCUT2D eigenvalue weighted by Gasteiger charge is 2.24. The van der Waals surface area contributed by atoms with Crippen LogP contribution >= 0.6 is 34.5 Å². The molecule has 0 aliphatic heterocycles. The average Bonchev–Trinajstić information content (AvgIpc) is 3.06. The summed E-state index contributed by atoms with van der Waals surface area (Å²) in [5.41, 5.74) is 1.57. The van der Waals surface area contributed by atoms with E-state index in [-0.39, 0.29) is 13.0 Å². The van der Waals surface area contributed by atoms with Crippen LogP contribution < -0.4 is 10.1 Å². The van der Waals surface area contributed by atoms with E-state index in [1.807, 2.05) is 0 Å². The number of rotatable bonds is 8. The van der Waals surface area contributed by atoms with Gasteiger partial charge in [-0.3, -0.25) is 9.59 Å². The van der Waals surface area contributed by atoms with E-state index in [1.165, 1.54) is 11.3 Å². The van der Waals surface area contributed by atoms with Gasteiger partial charge < -0.3 is 14.8 Å². The standard InChI is InChI=1S/C22H22Cl2N2O4S/c1-13-4-6-15-16(11-25)22(31-19(15)9-13)26-20(27)12-30-21(28)3-2-8-29-18-7-5-14(23)10-17(18)24/h5,7,10,13H,2-4,6,8-9,12H2,1H3,(H,26,27). The molecule has 0 spiro atoms. The quantitative estimate of drug-likeness (QED) is 0.403. The van der Waals surface area contributed by atoms with Crippen LogP contribution in [0.15, 0.2) is 18.2 Å². The van der Waals surface area contributed by atoms with Crippen LogP contribution in [0.4, 0.5) is 5.00 Å². The first kappa shape index (κ1) is 23.4. The zero-order valence-corrected chi connectivity index (χ0v) is 19.3. The molecule has 1 aromatic heterocycles. The number of esters is 1. The molecule has 2 aromatic rings. The lowest BCUT2D eigenvalue weighted by molar-refractivity contribution is -0.147. The molecule has 1 aliphatic carbocycles. The van der Waals surface area contributed by atoms with Crippen molar-refractivity contribution >= 4 is 51.4 Å². The fraction of sp³-hybridized carbons (Fsp3) is 0.409. The van der Waals surface area contributed by atoms with E-state index >= 15 is 0 Å². The summed E-state index contributed by atoms with van der Waals surface area (Å²) in [6.45, 7) is 2.06. The zero-order chi connectivity index (χ0) is 22.4. The van der Waals surface area contributed by atoms with Crippen molar-refractivity contribution in [2.45, 2.75) is 39.0 Å². The first-order valence-electron chi connectivity index (χ1n) is 9.95. The number of nitrogens with one attached hydrogen (secondary N) is 1. The molecule has 0 bridgehead atoms. The van der Waals surface area contributed by atoms with Crippen molar-refractivity contribution in [3.8, 4) is 11.8 Å². The monoisotopic (exact) mass is 480 g/mol. The Morgan fingerprint density at radius 3 is 2.90 bits per heavy atom. The van der Waals surface area contributed by atoms with Crippen molar-refractivity contribution in [2.24, 2.45) is 5.92 Å². The minimum absolute atomic E-state index is 0.104. The van der Waals surface area contributed by atoms with Crippen LogP contribution in [0.5, 0.6) is 5.75 Å². The number of thiophene rings is 1. The zero-order valence-electron chi connectivity index (χ0n) is 17.0. The lowest BCUT2D eigenvalue weighted by Crippen LogP contribution is -2.21. The lowest BCUT2D eigenvalue weighted by atomic mass is 9.89. The van der Waals surface area contributed by atoms with Crippen LogP contribution in [0.25, 0.3) is 0 Å². The molecule has 1 amide bonds. The van der Waals surface area contributed by atoms with Gasteiger partial charge in [-0.1, -0.05) is 30.1 Å². The normalized spacial score (nSPS) is 15.0. The van der Waals surface area contributed by atoms with Gasteiger partial charge in [-0.25, -0.2) is 0 Å². The van der Waals surface area contributed by atoms with Gasteiger partial charge in [0, 0.05) is 16.3 Å². The molecule has 0 saturated carbocycles. The van der Waals surface area contributed by atoms with Crippen LogP contribution in [0.2, 0.25) is 10.0 Å². The number of anilines is 1. The molecule has 1 atom stereocenters. The number of amides is 1. The van der Waals surface area contributed by atoms with Crippen molar-refractivity contribution in [3.05, 3.63) is 44.2 Å². The summed E-state index contributed by atoms with van der Waals surface area (Å²) in [6.07, 6.45) is 3.32. The Kier molecular flexibility index (Phi) is 8.19. The van der Waals surface area contributed by atoms with Gasteiger partial charge in [0.2, 0.25) is 0 Å². The Hall–Kier alpha value is -2.27. The summed E-state index contributed by atoms with van der Waals surface area (Å²) in [6, 6.07) is 7.10. The number of benzene rings is 1. The van der Waals surface area contributed by atoms with Crippen LogP contribution in [0, 0.1) is 17.2 Å². The van der Waals surface area contributed by atoms with E-state index in [9.17, 15) is 14.9 Å². The molecule has 31 heavy (non-hydrogen) atoms. The first-order valence-corrected chi connectivity index (χ1v) is 11.5. The maximum absolute atomic E-state index is 12.2. The number of fused-ring (bicyclic) bond motifs is 1. The van der Waals surface area contributed by atoms with Gasteiger partial charge in [0.1, 0.15) is 16.8 Å². The Bertz CT molecular complexity index is 1020. The molecule has 1 heterocycles. The highest BCUT2D eigenvalue weighted by atomic mass is 35.5. The van der Waals surface area contributed by atoms with Crippen LogP contribution in [-0.2, 0) is 27.2 Å². The maximum Gasteiger partial charge on any atom is 0.306 e. The average molecular weight is 481 g/mol. The summed E-state index contributed by atoms with van der Waals surface area (Å²) in [7, 11) is 0. The van der Waals surface area contributed by atoms with Crippen LogP contribution in [0.3, 0.4) is 0 Å². The van der Waals surface area contributed by atoms with E-state index in [0.717, 1.165) is 29.7 Å². The minimum Gasteiger partial charge on any atom is -0.492 e. The van der Waals surface area contributed by atoms with E-state index < -0.39 is 18.5 Å². The molecule has 1 N–H and O–H groups in total. The number of carbonyl (C=O) groups excluding carboxylic acids is 2. The van der Waals surface area contributed by atoms with E-state index in [0.29, 0.717) is 38.7 Å². The van der Waals surface area contributed by atoms with E-state index in [2.05, 4.69) is 18.3 Å². The Morgan fingerprint density at radius 1 is 1.35 bits per heavy atom. The topological polar surface area (TPSA) is 88.4 Å². The largest absolute Gasteiger partial charge is 0.492 e. The van der Waals surface area contributed by atoms with Crippen molar-refractivity contribution in [1.82, 2.24) is 0 Å². The van der Waals surface area contributed by atoms with Gasteiger partial charge in [0.15, 0.2) is 6.61 Å². The molecule has 3 rings (SSSR count). The smallest absolute Gasteiger partial charge is 0.306 e. The second-order valence-electron chi connectivity index (χ2n) is 7.40. The number of carbonyl (C=O) groups is 2. The van der Waals surface area contributed by atoms with Gasteiger partial charge in [-0.2, -0.15) is 5.26 Å². The van der Waals surface area contributed by atoms with Crippen molar-refractivity contribution in [3.63, 3.8) is 0 Å². The second-order valence-corrected chi connectivity index (χ2v) is 9.35. The minimum atomic E-state index is -0.499. The van der Waals surface area contributed by atoms with Gasteiger partial charge in [-0.05, 0) is 55.4 Å². The van der Waals surface area contributed by atoms with Crippen molar-refractivity contribution < 1.29 is 19.1 Å². The SMILES string of the molecule is CC1CCc2c(sc(NC(=O)COC(=O)CCCOc3ccc(Cl)cc3Cl)c2C#N)C1. The maximum atomic E-state index is 12.2. The molecule has 1 unspecified atom stereocenters. The van der Waals surface area contributed by atoms with Gasteiger partial charge >= 0.3 is 5.97 Å². The molecule has 6 nitrogen and oxygen atoms in total. The molecule has 1 aliphatic rings. The molecule has 164 valence electrons. The number of nitrogens with zero attached hydrogens (tertiary/aromatic N) is 1. The first-order chi connectivity index (χ1) is 14.9. The van der Waals surface area contributed by atoms with Crippen LogP contribution in [0.1, 0.15) is 42.2 Å². The molecule has 0 fully saturated rings. The summed E-state index contributed by atoms with van der Waals surface area (Å²) in [4.78, 5) is 25.2. The number of hydrogen-bond donors (Lipinski definition) is 1. The predicted octanol–water partition coefficient (Wildman–Crippen LogP) is 5.39. The molecule has 9 heteroatoms. The third-order valence-corrected chi connectivity index (χ3v) is 6.62. The number of halogens is 2. The highest BCUT2D eigenvalue weighted by molar-refractivity contribution is 7.16. The molecular formula is C22H22Cl2N2O4S. The summed E-state index contributed by atoms with van der Waals surface area (Å²) < 4.78 is 10.5. The Labute approximate surface area is 195 Å². The van der Waals surface area contributed by atoms with E-state index in [1.54, 1.807) is 18.2 Å². The fourth-order valence-electron chi connectivity index (χ4n) is 3.33. The second kappa shape index (κ2) is 10.9. The van der Waals surface area contributed by atoms with Gasteiger partial charge in [0.25, 0.3) is 5.91 Å². The van der Waals surface area contributed by atoms with Crippen LogP contribution in [-0.4, -0.2) is 25.1 Å². The third kappa shape index (κ3) is 6.36. The number of hydrogen-bond acceptors (Lipinski definition) is 6. The Morgan fingerprint density at radius 2 is 2.16 bits per heavy atom. The Balaban J connectivity index is 1.41. The fourth-order valence-corrected chi connectivity index (χ4v) is 5.17. The van der Waals surface area contributed by atoms with Gasteiger partial charge in [-0.15, -0.1) is 11.3 Å². The highest BCUT2D eigenvalue weighted by Crippen LogP contribution is 2.39. The van der Waals surface area contributed by atoms with E-state index in [4.69, 9.17) is 32.7 Å². The molecule has 1 aromatic carbocycles. The predicted molar refractivity (Wildman–Crippen MR) is 121 cm³/mol. The number of ether oxygens (including phenoxy) is 2. The summed E-state index contributed by atoms with van der Waals surface area (Å²) in [5.74, 6) is 0.100. The summed E-state index contributed by atoms with van der Waals surface area (Å²) in [5, 5.41) is 13.7. The van der Waals surface area contributed by atoms with Gasteiger partial charge in [0.05, 0.1) is 17.2 Å². The molecular weight excluding hydrogens is 459 g/mol.